The van der Waals surface area contributed by atoms with Gasteiger partial charge in [-0.25, -0.2) is 4.48 Å². The highest BCUT2D eigenvalue weighted by Gasteiger charge is 2.20. The van der Waals surface area contributed by atoms with Crippen LogP contribution in [-0.4, -0.2) is 4.48 Å². The molecule has 47 heavy (non-hydrogen) atoms. The molecule has 1 heteroatoms. The van der Waals surface area contributed by atoms with Crippen molar-refractivity contribution in [2.45, 2.75) is 220 Å². The Morgan fingerprint density at radius 2 is 0.638 bits per heavy atom. The maximum absolute atomic E-state index is 2.51. The van der Waals surface area contributed by atoms with Gasteiger partial charge in [0.05, 0.1) is 0 Å². The molecule has 1 rings (SSSR count). The third-order valence-electron chi connectivity index (χ3n) is 9.87. The Labute approximate surface area is 296 Å². The van der Waals surface area contributed by atoms with Gasteiger partial charge in [0.15, 0.2) is 0 Å². The van der Waals surface area contributed by atoms with Crippen LogP contribution in [0.15, 0.2) is 67.2 Å². The van der Waals surface area contributed by atoms with Crippen molar-refractivity contribution in [1.82, 2.24) is 0 Å². The van der Waals surface area contributed by atoms with Gasteiger partial charge in [-0.2, -0.15) is 0 Å². The number of hydrogen-bond donors (Lipinski definition) is 0. The molecule has 1 nitrogen and oxygen atoms in total. The average molecular weight is 649 g/mol. The van der Waals surface area contributed by atoms with E-state index in [2.05, 4.69) is 87.9 Å². The van der Waals surface area contributed by atoms with Crippen LogP contribution in [0.3, 0.4) is 0 Å². The first kappa shape index (κ1) is 43.4. The Hall–Kier alpha value is -1.60. The van der Waals surface area contributed by atoms with Crippen LogP contribution in [0.25, 0.3) is 0 Å². The molecule has 0 amide bonds. The molecule has 0 heterocycles. The van der Waals surface area contributed by atoms with Crippen molar-refractivity contribution in [1.29, 1.82) is 0 Å². The predicted molar refractivity (Wildman–Crippen MR) is 213 cm³/mol. The largest absolute Gasteiger partial charge is 0.242 e. The number of hydrogen-bond acceptors (Lipinski definition) is 0. The van der Waals surface area contributed by atoms with Crippen molar-refractivity contribution in [2.24, 2.45) is 0 Å². The zero-order valence-electron chi connectivity index (χ0n) is 32.2. The molecule has 0 fully saturated rings. The van der Waals surface area contributed by atoms with Crippen molar-refractivity contribution in [3.8, 4) is 0 Å². The lowest BCUT2D eigenvalue weighted by molar-refractivity contribution is -0.788. The fourth-order valence-electron chi connectivity index (χ4n) is 6.74. The van der Waals surface area contributed by atoms with E-state index < -0.39 is 0 Å². The second kappa shape index (κ2) is 34.3. The Morgan fingerprint density at radius 3 is 0.936 bits per heavy atom. The van der Waals surface area contributed by atoms with E-state index in [-0.39, 0.29) is 0 Å². The molecule has 0 spiro atoms. The molecule has 0 N–H and O–H groups in total. The first-order valence-electron chi connectivity index (χ1n) is 21.2. The Bertz CT molecular complexity index is 755. The van der Waals surface area contributed by atoms with Crippen LogP contribution < -0.4 is 0 Å². The second-order valence-corrected chi connectivity index (χ2v) is 14.6. The lowest BCUT2D eigenvalue weighted by Gasteiger charge is -2.27. The van der Waals surface area contributed by atoms with Gasteiger partial charge in [0.25, 0.3) is 0 Å². The number of allylic oxidation sites excluding steroid dienone is 3. The molecule has 0 aliphatic rings. The number of benzene rings is 1. The highest BCUT2D eigenvalue weighted by atomic mass is 15.3. The molecule has 0 saturated carbocycles. The van der Waals surface area contributed by atoms with Crippen molar-refractivity contribution in [2.75, 3.05) is 0 Å². The van der Waals surface area contributed by atoms with Crippen LogP contribution in [-0.2, 0) is 6.54 Å². The zero-order chi connectivity index (χ0) is 33.8. The van der Waals surface area contributed by atoms with E-state index in [0.29, 0.717) is 0 Å². The number of unbranched alkanes of at least 4 members (excludes halogenated alkanes) is 27. The van der Waals surface area contributed by atoms with E-state index >= 15 is 0 Å². The van der Waals surface area contributed by atoms with E-state index in [4.69, 9.17) is 0 Å². The monoisotopic (exact) mass is 649 g/mol. The zero-order valence-corrected chi connectivity index (χ0v) is 32.2. The summed E-state index contributed by atoms with van der Waals surface area (Å²) in [4.78, 5) is 0. The van der Waals surface area contributed by atoms with E-state index in [1.807, 2.05) is 0 Å². The summed E-state index contributed by atoms with van der Waals surface area (Å²) in [7, 11) is 0. The fraction of sp³-hybridized carbons (Fsp3) is 0.739. The van der Waals surface area contributed by atoms with Crippen LogP contribution in [0.1, 0.15) is 219 Å². The highest BCUT2D eigenvalue weighted by Crippen LogP contribution is 2.22. The minimum atomic E-state index is 0.816. The van der Waals surface area contributed by atoms with E-state index in [9.17, 15) is 0 Å². The number of quaternary nitrogens is 1. The molecule has 0 aliphatic carbocycles. The topological polar surface area (TPSA) is 0 Å². The third kappa shape index (κ3) is 28.0. The summed E-state index contributed by atoms with van der Waals surface area (Å²) in [5.74, 6) is 0. The lowest BCUT2D eigenvalue weighted by atomic mass is 10.1. The van der Waals surface area contributed by atoms with Crippen LogP contribution in [0.2, 0.25) is 0 Å². The minimum absolute atomic E-state index is 0.816. The Morgan fingerprint density at radius 1 is 0.362 bits per heavy atom. The summed E-state index contributed by atoms with van der Waals surface area (Å²) in [6, 6.07) is 11.2. The summed E-state index contributed by atoms with van der Waals surface area (Å²) in [5, 5.41) is 0. The Balaban J connectivity index is 2.72. The first-order chi connectivity index (χ1) is 23.3. The Kier molecular flexibility index (Phi) is 31.7. The maximum Gasteiger partial charge on any atom is 0.117 e. The van der Waals surface area contributed by atoms with Gasteiger partial charge in [0.2, 0.25) is 0 Å². The van der Waals surface area contributed by atoms with Crippen molar-refractivity contribution in [3.63, 3.8) is 0 Å². The smallest absolute Gasteiger partial charge is 0.117 e. The molecule has 1 aromatic rings. The van der Waals surface area contributed by atoms with E-state index in [1.54, 1.807) is 0 Å². The van der Waals surface area contributed by atoms with Crippen LogP contribution in [0, 0.1) is 0 Å². The average Bonchev–Trinajstić information content (AvgIpc) is 3.09. The number of rotatable bonds is 35. The summed E-state index contributed by atoms with van der Waals surface area (Å²) in [6.45, 7) is 7.92. The van der Waals surface area contributed by atoms with Gasteiger partial charge in [-0.05, 0) is 56.8 Å². The number of nitrogens with zero attached hydrogens (tertiary/aromatic N) is 1. The van der Waals surface area contributed by atoms with Crippen molar-refractivity contribution in [3.05, 3.63) is 72.7 Å². The quantitative estimate of drug-likeness (QED) is 0.0507. The maximum atomic E-state index is 2.51. The van der Waals surface area contributed by atoms with Gasteiger partial charge in [0, 0.05) is 5.56 Å². The van der Waals surface area contributed by atoms with Gasteiger partial charge in [0.1, 0.15) is 25.1 Å². The van der Waals surface area contributed by atoms with Crippen LogP contribution in [0.5, 0.6) is 0 Å². The molecular formula is C46H82N+. The molecule has 1 aromatic carbocycles. The molecule has 0 saturated heterocycles. The molecule has 0 aliphatic heterocycles. The SMILES string of the molecule is CCCCCCCCCCC/C=C\[N+](/C=C/CCCCCCCCCCC)(/C=C/CCCCCCCCCCC)Cc1ccccc1. The minimum Gasteiger partial charge on any atom is -0.242 e. The first-order valence-corrected chi connectivity index (χ1v) is 21.2. The summed E-state index contributed by atoms with van der Waals surface area (Å²) >= 11 is 0. The van der Waals surface area contributed by atoms with Crippen molar-refractivity contribution >= 4 is 0 Å². The van der Waals surface area contributed by atoms with E-state index in [0.717, 1.165) is 11.0 Å². The van der Waals surface area contributed by atoms with Crippen LogP contribution in [0.4, 0.5) is 0 Å². The van der Waals surface area contributed by atoms with Gasteiger partial charge >= 0.3 is 0 Å². The lowest BCUT2D eigenvalue weighted by Crippen LogP contribution is -2.30. The summed E-state index contributed by atoms with van der Waals surface area (Å²) in [5.41, 5.74) is 1.42. The molecule has 0 unspecified atom stereocenters. The molecule has 0 aromatic heterocycles. The second-order valence-electron chi connectivity index (χ2n) is 14.6. The van der Waals surface area contributed by atoms with E-state index in [1.165, 1.54) is 198 Å². The molecule has 270 valence electrons. The molecule has 0 radical (unpaired) electrons. The van der Waals surface area contributed by atoms with Crippen molar-refractivity contribution < 1.29 is 4.48 Å². The molecular weight excluding hydrogens is 567 g/mol. The van der Waals surface area contributed by atoms with Gasteiger partial charge in [-0.1, -0.05) is 205 Å². The van der Waals surface area contributed by atoms with Gasteiger partial charge < -0.3 is 0 Å². The summed E-state index contributed by atoms with van der Waals surface area (Å²) < 4.78 is 0.816. The molecule has 0 atom stereocenters. The van der Waals surface area contributed by atoms with Gasteiger partial charge in [-0.15, -0.1) is 0 Å². The normalized spacial score (nSPS) is 12.4. The fourth-order valence-corrected chi connectivity index (χ4v) is 6.74. The van der Waals surface area contributed by atoms with Gasteiger partial charge in [-0.3, -0.25) is 0 Å². The standard InChI is InChI=1S/C46H82N/c1-4-7-10-13-16-19-22-25-28-31-37-42-47(45-46-40-35-34-36-41-46,43-38-32-29-26-23-20-17-14-11-8-5-2)44-39-33-30-27-24-21-18-15-12-9-6-3/h34-44H,4-33,45H2,1-3H3/q+1/b42-37-,43-38+,44-39+. The highest BCUT2D eigenvalue weighted by molar-refractivity contribution is 5.14. The third-order valence-corrected chi connectivity index (χ3v) is 9.87. The van der Waals surface area contributed by atoms with Crippen LogP contribution >= 0.6 is 0 Å². The summed E-state index contributed by atoms with van der Waals surface area (Å²) in [6.07, 6.45) is 56.3. The predicted octanol–water partition coefficient (Wildman–Crippen LogP) is 16.3. The molecule has 0 bridgehead atoms.